The Kier molecular flexibility index (Phi) is 3.44. The maximum absolute atomic E-state index is 11.5. The molecule has 0 radical (unpaired) electrons. The van der Waals surface area contributed by atoms with Crippen LogP contribution in [0.1, 0.15) is 24.8 Å². The molecule has 1 aromatic carbocycles. The van der Waals surface area contributed by atoms with Gasteiger partial charge in [0.25, 0.3) is 0 Å². The minimum atomic E-state index is 0.134. The first-order chi connectivity index (χ1) is 7.75. The molecule has 0 aliphatic heterocycles. The highest BCUT2D eigenvalue weighted by Gasteiger charge is 2.21. The second-order valence-electron chi connectivity index (χ2n) is 4.45. The number of hydrogen-bond acceptors (Lipinski definition) is 2. The molecule has 1 saturated carbocycles. The molecule has 0 heterocycles. The van der Waals surface area contributed by atoms with Gasteiger partial charge in [-0.05, 0) is 36.8 Å². The molecule has 3 N–H and O–H groups in total. The maximum Gasteiger partial charge on any atom is 0.220 e. The number of benzene rings is 1. The molecule has 0 saturated heterocycles. The van der Waals surface area contributed by atoms with E-state index in [0.717, 1.165) is 30.1 Å². The Morgan fingerprint density at radius 2 is 2.12 bits per heavy atom. The third kappa shape index (κ3) is 3.26. The van der Waals surface area contributed by atoms with Crippen molar-refractivity contribution >= 4 is 11.6 Å². The lowest BCUT2D eigenvalue weighted by Gasteiger charge is -2.06. The molecule has 3 heteroatoms. The number of carbonyl (C=O) groups is 1. The molecule has 0 atom stereocenters. The molecule has 1 aliphatic rings. The molecule has 1 fully saturated rings. The van der Waals surface area contributed by atoms with Crippen molar-refractivity contribution in [3.8, 4) is 0 Å². The number of amides is 1. The van der Waals surface area contributed by atoms with Crippen LogP contribution in [0.2, 0.25) is 0 Å². The fourth-order valence-corrected chi connectivity index (χ4v) is 1.68. The molecule has 0 unspecified atom stereocenters. The summed E-state index contributed by atoms with van der Waals surface area (Å²) in [5.41, 5.74) is 7.64. The van der Waals surface area contributed by atoms with Gasteiger partial charge in [0.15, 0.2) is 0 Å². The van der Waals surface area contributed by atoms with E-state index in [9.17, 15) is 4.79 Å². The normalized spacial score (nSPS) is 14.8. The van der Waals surface area contributed by atoms with Crippen LogP contribution in [-0.2, 0) is 11.2 Å². The van der Waals surface area contributed by atoms with Crippen molar-refractivity contribution in [2.75, 3.05) is 12.3 Å². The summed E-state index contributed by atoms with van der Waals surface area (Å²) in [4.78, 5) is 11.5. The van der Waals surface area contributed by atoms with Crippen molar-refractivity contribution in [2.24, 2.45) is 5.92 Å². The Labute approximate surface area is 96.0 Å². The van der Waals surface area contributed by atoms with Crippen LogP contribution in [-0.4, -0.2) is 12.5 Å². The summed E-state index contributed by atoms with van der Waals surface area (Å²) >= 11 is 0. The van der Waals surface area contributed by atoms with Gasteiger partial charge >= 0.3 is 0 Å². The van der Waals surface area contributed by atoms with Crippen LogP contribution >= 0.6 is 0 Å². The number of carbonyl (C=O) groups excluding carboxylic acids is 1. The summed E-state index contributed by atoms with van der Waals surface area (Å²) in [5.74, 6) is 0.876. The molecule has 86 valence electrons. The van der Waals surface area contributed by atoms with Gasteiger partial charge in [-0.25, -0.2) is 0 Å². The summed E-state index contributed by atoms with van der Waals surface area (Å²) in [7, 11) is 0. The molecule has 1 aliphatic carbocycles. The first-order valence-corrected chi connectivity index (χ1v) is 5.86. The highest BCUT2D eigenvalue weighted by molar-refractivity contribution is 5.76. The lowest BCUT2D eigenvalue weighted by Crippen LogP contribution is -2.25. The highest BCUT2D eigenvalue weighted by Crippen LogP contribution is 2.27. The van der Waals surface area contributed by atoms with E-state index in [-0.39, 0.29) is 5.91 Å². The summed E-state index contributed by atoms with van der Waals surface area (Å²) < 4.78 is 0. The Morgan fingerprint density at radius 1 is 1.38 bits per heavy atom. The van der Waals surface area contributed by atoms with Crippen molar-refractivity contribution in [1.29, 1.82) is 0 Å². The molecule has 1 aromatic rings. The van der Waals surface area contributed by atoms with Gasteiger partial charge in [-0.1, -0.05) is 18.2 Å². The lowest BCUT2D eigenvalue weighted by atomic mass is 10.1. The first-order valence-electron chi connectivity index (χ1n) is 5.86. The standard InChI is InChI=1S/C13H18N2O/c14-12-4-2-1-3-11(12)7-8-13(16)15-9-10-5-6-10/h1-4,10H,5-9,14H2,(H,15,16). The predicted molar refractivity (Wildman–Crippen MR) is 64.9 cm³/mol. The topological polar surface area (TPSA) is 55.1 Å². The second-order valence-corrected chi connectivity index (χ2v) is 4.45. The molecular weight excluding hydrogens is 200 g/mol. The number of aryl methyl sites for hydroxylation is 1. The molecule has 0 aromatic heterocycles. The van der Waals surface area contributed by atoms with Gasteiger partial charge in [0.05, 0.1) is 0 Å². The van der Waals surface area contributed by atoms with E-state index in [1.165, 1.54) is 12.8 Å². The number of nitrogen functional groups attached to an aromatic ring is 1. The van der Waals surface area contributed by atoms with Crippen LogP contribution in [0.5, 0.6) is 0 Å². The van der Waals surface area contributed by atoms with Crippen molar-refractivity contribution in [2.45, 2.75) is 25.7 Å². The van der Waals surface area contributed by atoms with E-state index in [0.29, 0.717) is 6.42 Å². The average Bonchev–Trinajstić information content (AvgIpc) is 3.09. The van der Waals surface area contributed by atoms with E-state index in [1.54, 1.807) is 0 Å². The smallest absolute Gasteiger partial charge is 0.220 e. The van der Waals surface area contributed by atoms with Crippen molar-refractivity contribution in [1.82, 2.24) is 5.32 Å². The fraction of sp³-hybridized carbons (Fsp3) is 0.462. The minimum absolute atomic E-state index is 0.134. The van der Waals surface area contributed by atoms with E-state index >= 15 is 0 Å². The molecule has 0 bridgehead atoms. The Balaban J connectivity index is 1.73. The van der Waals surface area contributed by atoms with E-state index in [1.807, 2.05) is 24.3 Å². The second kappa shape index (κ2) is 5.01. The molecule has 0 spiro atoms. The third-order valence-corrected chi connectivity index (χ3v) is 2.96. The van der Waals surface area contributed by atoms with Crippen molar-refractivity contribution in [3.05, 3.63) is 29.8 Å². The van der Waals surface area contributed by atoms with Crippen LogP contribution in [0.15, 0.2) is 24.3 Å². The van der Waals surface area contributed by atoms with Crippen LogP contribution < -0.4 is 11.1 Å². The Morgan fingerprint density at radius 3 is 2.81 bits per heavy atom. The number of nitrogens with two attached hydrogens (primary N) is 1. The zero-order valence-corrected chi connectivity index (χ0v) is 9.41. The number of nitrogens with one attached hydrogen (secondary N) is 1. The average molecular weight is 218 g/mol. The SMILES string of the molecule is Nc1ccccc1CCC(=O)NCC1CC1. The van der Waals surface area contributed by atoms with Gasteiger partial charge < -0.3 is 11.1 Å². The van der Waals surface area contributed by atoms with Gasteiger partial charge in [-0.3, -0.25) is 4.79 Å². The Hall–Kier alpha value is -1.51. The fourth-order valence-electron chi connectivity index (χ4n) is 1.68. The zero-order chi connectivity index (χ0) is 11.4. The quantitative estimate of drug-likeness (QED) is 0.739. The molecule has 2 rings (SSSR count). The molecule has 3 nitrogen and oxygen atoms in total. The highest BCUT2D eigenvalue weighted by atomic mass is 16.1. The van der Waals surface area contributed by atoms with E-state index in [2.05, 4.69) is 5.32 Å². The van der Waals surface area contributed by atoms with E-state index in [4.69, 9.17) is 5.73 Å². The summed E-state index contributed by atoms with van der Waals surface area (Å²) in [6.45, 7) is 0.850. The summed E-state index contributed by atoms with van der Waals surface area (Å²) in [5, 5.41) is 2.95. The molecule has 16 heavy (non-hydrogen) atoms. The van der Waals surface area contributed by atoms with Crippen molar-refractivity contribution < 1.29 is 4.79 Å². The summed E-state index contributed by atoms with van der Waals surface area (Å²) in [6.07, 6.45) is 3.79. The lowest BCUT2D eigenvalue weighted by molar-refractivity contribution is -0.121. The maximum atomic E-state index is 11.5. The van der Waals surface area contributed by atoms with Gasteiger partial charge in [-0.2, -0.15) is 0 Å². The zero-order valence-electron chi connectivity index (χ0n) is 9.41. The predicted octanol–water partition coefficient (Wildman–Crippen LogP) is 1.73. The number of anilines is 1. The Bertz CT molecular complexity index is 372. The van der Waals surface area contributed by atoms with Crippen LogP contribution in [0.4, 0.5) is 5.69 Å². The van der Waals surface area contributed by atoms with Gasteiger partial charge in [0.1, 0.15) is 0 Å². The van der Waals surface area contributed by atoms with Crippen LogP contribution in [0.25, 0.3) is 0 Å². The monoisotopic (exact) mass is 218 g/mol. The van der Waals surface area contributed by atoms with Gasteiger partial charge in [-0.15, -0.1) is 0 Å². The third-order valence-electron chi connectivity index (χ3n) is 2.96. The van der Waals surface area contributed by atoms with Gasteiger partial charge in [0.2, 0.25) is 5.91 Å². The summed E-state index contributed by atoms with van der Waals surface area (Å²) in [6, 6.07) is 7.71. The number of para-hydroxylation sites is 1. The van der Waals surface area contributed by atoms with Crippen LogP contribution in [0, 0.1) is 5.92 Å². The molecular formula is C13H18N2O. The first kappa shape index (κ1) is 11.0. The largest absolute Gasteiger partial charge is 0.399 e. The van der Waals surface area contributed by atoms with Crippen molar-refractivity contribution in [3.63, 3.8) is 0 Å². The van der Waals surface area contributed by atoms with E-state index < -0.39 is 0 Å². The van der Waals surface area contributed by atoms with Crippen LogP contribution in [0.3, 0.4) is 0 Å². The minimum Gasteiger partial charge on any atom is -0.399 e. The van der Waals surface area contributed by atoms with Gasteiger partial charge in [0, 0.05) is 18.7 Å². The number of rotatable bonds is 5. The number of hydrogen-bond donors (Lipinski definition) is 2. The molecule has 1 amide bonds.